The highest BCUT2D eigenvalue weighted by atomic mass is 16.5. The molecule has 0 aliphatic heterocycles. The molecule has 0 heterocycles. The maximum absolute atomic E-state index is 12.1. The Kier molecular flexibility index (Phi) is 5.18. The van der Waals surface area contributed by atoms with Crippen molar-refractivity contribution in [3.05, 3.63) is 23.8 Å². The Balaban J connectivity index is 3.39. The molecule has 5 nitrogen and oxygen atoms in total. The number of hydrogen-bond acceptors (Lipinski definition) is 5. The molecule has 0 saturated carbocycles. The van der Waals surface area contributed by atoms with Crippen molar-refractivity contribution in [3.63, 3.8) is 0 Å². The molecule has 1 rings (SSSR count). The molecular weight excluding hydrogens is 246 g/mol. The second kappa shape index (κ2) is 6.43. The van der Waals surface area contributed by atoms with Gasteiger partial charge in [-0.3, -0.25) is 5.32 Å². The molecule has 106 valence electrons. The molecule has 5 heteroatoms. The molecule has 1 aromatic carbocycles. The zero-order chi connectivity index (χ0) is 14.5. The van der Waals surface area contributed by atoms with E-state index in [1.807, 2.05) is 6.92 Å². The number of carbonyl (C=O) groups is 1. The number of hydrogen-bond donors (Lipinski definition) is 1. The first-order chi connectivity index (χ1) is 9.03. The van der Waals surface area contributed by atoms with Gasteiger partial charge in [0.05, 0.1) is 21.3 Å². The maximum Gasteiger partial charge on any atom is 0.330 e. The van der Waals surface area contributed by atoms with E-state index in [-0.39, 0.29) is 5.97 Å². The van der Waals surface area contributed by atoms with Crippen LogP contribution in [0.15, 0.2) is 18.2 Å². The second-order valence-electron chi connectivity index (χ2n) is 4.21. The molecule has 1 aromatic rings. The Morgan fingerprint density at radius 2 is 1.95 bits per heavy atom. The van der Waals surface area contributed by atoms with Crippen molar-refractivity contribution in [3.8, 4) is 11.5 Å². The molecule has 1 atom stereocenters. The molecule has 1 unspecified atom stereocenters. The van der Waals surface area contributed by atoms with Crippen molar-refractivity contribution in [1.82, 2.24) is 5.32 Å². The number of likely N-dealkylation sites (N-methyl/N-ethyl adjacent to an activating group) is 1. The number of esters is 1. The van der Waals surface area contributed by atoms with Gasteiger partial charge in [-0.1, -0.05) is 6.92 Å². The van der Waals surface area contributed by atoms with Gasteiger partial charge in [0.25, 0.3) is 0 Å². The van der Waals surface area contributed by atoms with E-state index >= 15 is 0 Å². The molecule has 0 bridgehead atoms. The molecule has 0 aliphatic rings. The van der Waals surface area contributed by atoms with Crippen LogP contribution in [0.1, 0.15) is 19.4 Å². The predicted molar refractivity (Wildman–Crippen MR) is 72.6 cm³/mol. The van der Waals surface area contributed by atoms with E-state index < -0.39 is 5.54 Å². The van der Waals surface area contributed by atoms with Gasteiger partial charge in [0.1, 0.15) is 17.0 Å². The van der Waals surface area contributed by atoms with Gasteiger partial charge in [0.15, 0.2) is 0 Å². The Hall–Kier alpha value is -1.75. The Bertz CT molecular complexity index is 447. The lowest BCUT2D eigenvalue weighted by Crippen LogP contribution is -2.47. The van der Waals surface area contributed by atoms with E-state index in [0.717, 1.165) is 0 Å². The highest BCUT2D eigenvalue weighted by molar-refractivity contribution is 5.83. The quantitative estimate of drug-likeness (QED) is 0.795. The van der Waals surface area contributed by atoms with E-state index in [0.29, 0.717) is 23.6 Å². The first kappa shape index (κ1) is 15.3. The molecule has 0 amide bonds. The van der Waals surface area contributed by atoms with E-state index in [1.54, 1.807) is 39.3 Å². The number of ether oxygens (including phenoxy) is 3. The molecule has 0 spiro atoms. The van der Waals surface area contributed by atoms with Crippen LogP contribution in [0.3, 0.4) is 0 Å². The summed E-state index contributed by atoms with van der Waals surface area (Å²) in [6, 6.07) is 5.33. The fourth-order valence-corrected chi connectivity index (χ4v) is 2.04. The highest BCUT2D eigenvalue weighted by Gasteiger charge is 2.38. The minimum atomic E-state index is -0.983. The van der Waals surface area contributed by atoms with Gasteiger partial charge < -0.3 is 14.2 Å². The monoisotopic (exact) mass is 267 g/mol. The van der Waals surface area contributed by atoms with Crippen molar-refractivity contribution < 1.29 is 19.0 Å². The lowest BCUT2D eigenvalue weighted by molar-refractivity contribution is -0.148. The van der Waals surface area contributed by atoms with Crippen molar-refractivity contribution in [2.75, 3.05) is 27.9 Å². The Labute approximate surface area is 113 Å². The van der Waals surface area contributed by atoms with Crippen LogP contribution in [0.5, 0.6) is 11.5 Å². The lowest BCUT2D eigenvalue weighted by Gasteiger charge is -2.29. The van der Waals surface area contributed by atoms with Crippen LogP contribution >= 0.6 is 0 Å². The third kappa shape index (κ3) is 2.98. The Morgan fingerprint density at radius 3 is 2.42 bits per heavy atom. The SMILES string of the molecule is CCNC(C)(C(=O)OC)c1cc(OC)ccc1OC. The zero-order valence-electron chi connectivity index (χ0n) is 12.1. The zero-order valence-corrected chi connectivity index (χ0v) is 12.1. The Morgan fingerprint density at radius 1 is 1.26 bits per heavy atom. The van der Waals surface area contributed by atoms with Crippen LogP contribution in [0.4, 0.5) is 0 Å². The molecule has 0 aromatic heterocycles. The van der Waals surface area contributed by atoms with Crippen molar-refractivity contribution >= 4 is 5.97 Å². The summed E-state index contributed by atoms with van der Waals surface area (Å²) in [4.78, 5) is 12.1. The summed E-state index contributed by atoms with van der Waals surface area (Å²) in [5.74, 6) is 0.888. The summed E-state index contributed by atoms with van der Waals surface area (Å²) in [6.45, 7) is 4.30. The van der Waals surface area contributed by atoms with Gasteiger partial charge in [0.2, 0.25) is 0 Å². The summed E-state index contributed by atoms with van der Waals surface area (Å²) in [5, 5.41) is 3.14. The molecule has 19 heavy (non-hydrogen) atoms. The average Bonchev–Trinajstić information content (AvgIpc) is 2.45. The molecule has 0 aliphatic carbocycles. The first-order valence-electron chi connectivity index (χ1n) is 6.09. The predicted octanol–water partition coefficient (Wildman–Crippen LogP) is 1.70. The van der Waals surface area contributed by atoms with Gasteiger partial charge in [0, 0.05) is 5.56 Å². The van der Waals surface area contributed by atoms with Crippen molar-refractivity contribution in [2.24, 2.45) is 0 Å². The van der Waals surface area contributed by atoms with Crippen LogP contribution in [-0.4, -0.2) is 33.8 Å². The minimum Gasteiger partial charge on any atom is -0.497 e. The standard InChI is InChI=1S/C14H21NO4/c1-6-15-14(2,13(16)19-5)11-9-10(17-3)7-8-12(11)18-4/h7-9,15H,6H2,1-5H3. The molecular formula is C14H21NO4. The van der Waals surface area contributed by atoms with Gasteiger partial charge in [-0.15, -0.1) is 0 Å². The van der Waals surface area contributed by atoms with Gasteiger partial charge in [-0.25, -0.2) is 4.79 Å². The van der Waals surface area contributed by atoms with Crippen LogP contribution < -0.4 is 14.8 Å². The third-order valence-corrected chi connectivity index (χ3v) is 3.07. The normalized spacial score (nSPS) is 13.5. The highest BCUT2D eigenvalue weighted by Crippen LogP contribution is 2.34. The minimum absolute atomic E-state index is 0.374. The third-order valence-electron chi connectivity index (χ3n) is 3.07. The smallest absolute Gasteiger partial charge is 0.330 e. The van der Waals surface area contributed by atoms with Gasteiger partial charge in [-0.05, 0) is 31.7 Å². The fraction of sp³-hybridized carbons (Fsp3) is 0.500. The fourth-order valence-electron chi connectivity index (χ4n) is 2.04. The molecule has 1 N–H and O–H groups in total. The summed E-state index contributed by atoms with van der Waals surface area (Å²) < 4.78 is 15.4. The largest absolute Gasteiger partial charge is 0.497 e. The van der Waals surface area contributed by atoms with Gasteiger partial charge in [-0.2, -0.15) is 0 Å². The topological polar surface area (TPSA) is 56.8 Å². The molecule has 0 saturated heterocycles. The van der Waals surface area contributed by atoms with E-state index in [1.165, 1.54) is 7.11 Å². The summed E-state index contributed by atoms with van der Waals surface area (Å²) in [6.07, 6.45) is 0. The molecule has 0 fully saturated rings. The summed E-state index contributed by atoms with van der Waals surface area (Å²) in [5.41, 5.74) is -0.299. The van der Waals surface area contributed by atoms with Crippen LogP contribution in [0.2, 0.25) is 0 Å². The van der Waals surface area contributed by atoms with E-state index in [2.05, 4.69) is 5.32 Å². The van der Waals surface area contributed by atoms with Gasteiger partial charge >= 0.3 is 5.97 Å². The summed E-state index contributed by atoms with van der Waals surface area (Å²) in [7, 11) is 4.51. The first-order valence-corrected chi connectivity index (χ1v) is 6.09. The maximum atomic E-state index is 12.1. The van der Waals surface area contributed by atoms with Crippen LogP contribution in [-0.2, 0) is 15.1 Å². The average molecular weight is 267 g/mol. The number of rotatable bonds is 6. The number of carbonyl (C=O) groups excluding carboxylic acids is 1. The van der Waals surface area contributed by atoms with Crippen LogP contribution in [0, 0.1) is 0 Å². The second-order valence-corrected chi connectivity index (χ2v) is 4.21. The van der Waals surface area contributed by atoms with Crippen molar-refractivity contribution in [2.45, 2.75) is 19.4 Å². The van der Waals surface area contributed by atoms with E-state index in [9.17, 15) is 4.79 Å². The number of nitrogens with one attached hydrogen (secondary N) is 1. The number of methoxy groups -OCH3 is 3. The lowest BCUT2D eigenvalue weighted by atomic mass is 9.90. The number of benzene rings is 1. The van der Waals surface area contributed by atoms with Crippen LogP contribution in [0.25, 0.3) is 0 Å². The molecule has 0 radical (unpaired) electrons. The van der Waals surface area contributed by atoms with Crippen molar-refractivity contribution in [1.29, 1.82) is 0 Å². The van der Waals surface area contributed by atoms with E-state index in [4.69, 9.17) is 14.2 Å². The summed E-state index contributed by atoms with van der Waals surface area (Å²) >= 11 is 0.